The molecule has 0 radical (unpaired) electrons. The molecular formula is C20H16F2N2O2S. The molecule has 138 valence electrons. The second-order valence-corrected chi connectivity index (χ2v) is 6.54. The fourth-order valence-electron chi connectivity index (χ4n) is 2.31. The summed E-state index contributed by atoms with van der Waals surface area (Å²) in [6, 6.07) is 19.2. The van der Waals surface area contributed by atoms with Crippen molar-refractivity contribution in [1.29, 1.82) is 0 Å². The first-order valence-corrected chi connectivity index (χ1v) is 8.93. The molecule has 1 N–H and O–H groups in total. The number of ether oxygens (including phenoxy) is 1. The van der Waals surface area contributed by atoms with Crippen LogP contribution in [0.1, 0.15) is 15.9 Å². The number of hydrogen-bond donors (Lipinski definition) is 1. The summed E-state index contributed by atoms with van der Waals surface area (Å²) >= 11 is 1.41. The number of pyridine rings is 1. The van der Waals surface area contributed by atoms with Crippen molar-refractivity contribution in [3.8, 4) is 5.75 Å². The Bertz CT molecular complexity index is 890. The summed E-state index contributed by atoms with van der Waals surface area (Å²) < 4.78 is 28.6. The van der Waals surface area contributed by atoms with E-state index in [1.165, 1.54) is 23.9 Å². The molecule has 1 amide bonds. The molecule has 4 nitrogen and oxygen atoms in total. The normalized spacial score (nSPS) is 10.6. The largest absolute Gasteiger partial charge is 0.435 e. The second kappa shape index (κ2) is 9.14. The molecule has 0 aliphatic heterocycles. The van der Waals surface area contributed by atoms with Crippen molar-refractivity contribution in [1.82, 2.24) is 10.3 Å². The maximum absolute atomic E-state index is 12.6. The zero-order chi connectivity index (χ0) is 19.1. The summed E-state index contributed by atoms with van der Waals surface area (Å²) in [5.41, 5.74) is 1.25. The molecular weight excluding hydrogens is 370 g/mol. The first-order valence-electron chi connectivity index (χ1n) is 8.11. The van der Waals surface area contributed by atoms with Gasteiger partial charge in [-0.1, -0.05) is 42.1 Å². The zero-order valence-electron chi connectivity index (χ0n) is 14.1. The highest BCUT2D eigenvalue weighted by Crippen LogP contribution is 2.28. The average molecular weight is 386 g/mol. The van der Waals surface area contributed by atoms with E-state index in [4.69, 9.17) is 0 Å². The smallest absolute Gasteiger partial charge is 0.387 e. The molecule has 0 aliphatic carbocycles. The Morgan fingerprint density at radius 3 is 2.48 bits per heavy atom. The molecule has 0 saturated heterocycles. The topological polar surface area (TPSA) is 51.2 Å². The van der Waals surface area contributed by atoms with Crippen LogP contribution in [0.25, 0.3) is 0 Å². The molecule has 2 aromatic carbocycles. The van der Waals surface area contributed by atoms with Gasteiger partial charge in [0.1, 0.15) is 10.8 Å². The standard InChI is InChI=1S/C20H16F2N2O2S/c21-20(22)26-15-10-8-14(9-11-15)13-24-18(25)17-7-4-12-23-19(17)27-16-5-2-1-3-6-16/h1-12,20H,13H2,(H,24,25). The summed E-state index contributed by atoms with van der Waals surface area (Å²) in [4.78, 5) is 17.8. The highest BCUT2D eigenvalue weighted by Gasteiger charge is 2.13. The van der Waals surface area contributed by atoms with Gasteiger partial charge in [-0.05, 0) is 42.0 Å². The Labute approximate surface area is 159 Å². The van der Waals surface area contributed by atoms with Crippen LogP contribution in [0, 0.1) is 0 Å². The van der Waals surface area contributed by atoms with Crippen LogP contribution in [0.5, 0.6) is 5.75 Å². The van der Waals surface area contributed by atoms with Crippen molar-refractivity contribution < 1.29 is 18.3 Å². The number of amides is 1. The van der Waals surface area contributed by atoms with Crippen LogP contribution in [-0.4, -0.2) is 17.5 Å². The number of nitrogens with one attached hydrogen (secondary N) is 1. The van der Waals surface area contributed by atoms with E-state index in [0.29, 0.717) is 10.6 Å². The van der Waals surface area contributed by atoms with E-state index in [2.05, 4.69) is 15.0 Å². The van der Waals surface area contributed by atoms with Gasteiger partial charge in [0.2, 0.25) is 0 Å². The minimum Gasteiger partial charge on any atom is -0.435 e. The molecule has 3 aromatic rings. The number of benzene rings is 2. The zero-order valence-corrected chi connectivity index (χ0v) is 15.0. The van der Waals surface area contributed by atoms with Crippen LogP contribution in [0.3, 0.4) is 0 Å². The van der Waals surface area contributed by atoms with E-state index in [1.807, 2.05) is 30.3 Å². The van der Waals surface area contributed by atoms with E-state index in [0.717, 1.165) is 10.5 Å². The van der Waals surface area contributed by atoms with E-state index in [1.54, 1.807) is 30.5 Å². The van der Waals surface area contributed by atoms with Crippen LogP contribution in [0.15, 0.2) is 82.8 Å². The van der Waals surface area contributed by atoms with Crippen LogP contribution in [-0.2, 0) is 6.54 Å². The lowest BCUT2D eigenvalue weighted by molar-refractivity contribution is -0.0498. The molecule has 0 fully saturated rings. The van der Waals surface area contributed by atoms with Crippen molar-refractivity contribution in [3.05, 3.63) is 84.1 Å². The van der Waals surface area contributed by atoms with E-state index in [9.17, 15) is 13.6 Å². The fraction of sp³-hybridized carbons (Fsp3) is 0.100. The maximum Gasteiger partial charge on any atom is 0.387 e. The van der Waals surface area contributed by atoms with E-state index < -0.39 is 6.61 Å². The molecule has 0 atom stereocenters. The van der Waals surface area contributed by atoms with Gasteiger partial charge >= 0.3 is 6.61 Å². The summed E-state index contributed by atoms with van der Waals surface area (Å²) in [5.74, 6) is -0.177. The number of carbonyl (C=O) groups is 1. The fourth-order valence-corrected chi connectivity index (χ4v) is 3.21. The predicted octanol–water partition coefficient (Wildman–Crippen LogP) is 4.76. The predicted molar refractivity (Wildman–Crippen MR) is 99.0 cm³/mol. The van der Waals surface area contributed by atoms with Crippen LogP contribution < -0.4 is 10.1 Å². The molecule has 27 heavy (non-hydrogen) atoms. The lowest BCUT2D eigenvalue weighted by Gasteiger charge is -2.10. The van der Waals surface area contributed by atoms with Gasteiger partial charge in [0.15, 0.2) is 0 Å². The third kappa shape index (κ3) is 5.52. The molecule has 7 heteroatoms. The molecule has 0 aliphatic rings. The molecule has 1 aromatic heterocycles. The van der Waals surface area contributed by atoms with Crippen LogP contribution in [0.2, 0.25) is 0 Å². The SMILES string of the molecule is O=C(NCc1ccc(OC(F)F)cc1)c1cccnc1Sc1ccccc1. The Kier molecular flexibility index (Phi) is 6.38. The van der Waals surface area contributed by atoms with Gasteiger partial charge in [0, 0.05) is 17.6 Å². The minimum absolute atomic E-state index is 0.0777. The summed E-state index contributed by atoms with van der Waals surface area (Å²) in [6.45, 7) is -2.60. The van der Waals surface area contributed by atoms with Crippen molar-refractivity contribution >= 4 is 17.7 Å². The Balaban J connectivity index is 1.64. The minimum atomic E-state index is -2.86. The van der Waals surface area contributed by atoms with Gasteiger partial charge < -0.3 is 10.1 Å². The monoisotopic (exact) mass is 386 g/mol. The third-order valence-electron chi connectivity index (χ3n) is 3.58. The molecule has 3 rings (SSSR count). The average Bonchev–Trinajstić information content (AvgIpc) is 2.68. The first kappa shape index (κ1) is 18.8. The quantitative estimate of drug-likeness (QED) is 0.636. The Morgan fingerprint density at radius 1 is 1.04 bits per heavy atom. The first-order chi connectivity index (χ1) is 13.1. The number of aromatic nitrogens is 1. The molecule has 1 heterocycles. The van der Waals surface area contributed by atoms with Gasteiger partial charge in [-0.15, -0.1) is 0 Å². The molecule has 0 saturated carbocycles. The Morgan fingerprint density at radius 2 is 1.78 bits per heavy atom. The number of alkyl halides is 2. The number of hydrogen-bond acceptors (Lipinski definition) is 4. The third-order valence-corrected chi connectivity index (χ3v) is 4.60. The van der Waals surface area contributed by atoms with Gasteiger partial charge in [0.05, 0.1) is 5.56 Å². The number of rotatable bonds is 7. The van der Waals surface area contributed by atoms with E-state index in [-0.39, 0.29) is 18.2 Å². The van der Waals surface area contributed by atoms with Crippen molar-refractivity contribution in [2.45, 2.75) is 23.1 Å². The van der Waals surface area contributed by atoms with Crippen molar-refractivity contribution in [2.75, 3.05) is 0 Å². The van der Waals surface area contributed by atoms with Gasteiger partial charge in [-0.25, -0.2) is 4.98 Å². The van der Waals surface area contributed by atoms with Gasteiger partial charge in [0.25, 0.3) is 5.91 Å². The highest BCUT2D eigenvalue weighted by molar-refractivity contribution is 7.99. The summed E-state index contributed by atoms with van der Waals surface area (Å²) in [7, 11) is 0. The van der Waals surface area contributed by atoms with Crippen LogP contribution in [0.4, 0.5) is 8.78 Å². The van der Waals surface area contributed by atoms with Gasteiger partial charge in [-0.3, -0.25) is 4.79 Å². The summed E-state index contributed by atoms with van der Waals surface area (Å²) in [6.07, 6.45) is 1.64. The number of halogens is 2. The highest BCUT2D eigenvalue weighted by atomic mass is 32.2. The van der Waals surface area contributed by atoms with E-state index >= 15 is 0 Å². The maximum atomic E-state index is 12.6. The van der Waals surface area contributed by atoms with Crippen molar-refractivity contribution in [3.63, 3.8) is 0 Å². The molecule has 0 bridgehead atoms. The lowest BCUT2D eigenvalue weighted by Crippen LogP contribution is -2.23. The number of carbonyl (C=O) groups excluding carboxylic acids is 1. The van der Waals surface area contributed by atoms with Crippen LogP contribution >= 0.6 is 11.8 Å². The second-order valence-electron chi connectivity index (χ2n) is 5.48. The lowest BCUT2D eigenvalue weighted by atomic mass is 10.2. The summed E-state index contributed by atoms with van der Waals surface area (Å²) in [5, 5.41) is 3.43. The Hall–Kier alpha value is -2.93. The number of nitrogens with zero attached hydrogens (tertiary/aromatic N) is 1. The molecule has 0 unspecified atom stereocenters. The van der Waals surface area contributed by atoms with Crippen molar-refractivity contribution in [2.24, 2.45) is 0 Å². The van der Waals surface area contributed by atoms with Gasteiger partial charge in [-0.2, -0.15) is 8.78 Å². The molecule has 0 spiro atoms.